The van der Waals surface area contributed by atoms with Crippen molar-refractivity contribution in [3.8, 4) is 0 Å². The summed E-state index contributed by atoms with van der Waals surface area (Å²) in [6, 6.07) is 10.5. The lowest BCUT2D eigenvalue weighted by molar-refractivity contribution is 0.933. The van der Waals surface area contributed by atoms with Gasteiger partial charge in [-0.1, -0.05) is 38.1 Å². The van der Waals surface area contributed by atoms with Gasteiger partial charge in [-0.25, -0.2) is 4.98 Å². The van der Waals surface area contributed by atoms with Crippen molar-refractivity contribution in [1.29, 1.82) is 0 Å². The van der Waals surface area contributed by atoms with Gasteiger partial charge < -0.3 is 15.5 Å². The minimum absolute atomic E-state index is 0. The number of benzene rings is 1. The Labute approximate surface area is 178 Å². The van der Waals surface area contributed by atoms with Gasteiger partial charge in [0.15, 0.2) is 5.96 Å². The molecule has 144 valence electrons. The Morgan fingerprint density at radius 2 is 1.85 bits per heavy atom. The normalized spacial score (nSPS) is 11.4. The molecule has 6 heteroatoms. The highest BCUT2D eigenvalue weighted by molar-refractivity contribution is 14.0. The van der Waals surface area contributed by atoms with Crippen LogP contribution in [0.1, 0.15) is 36.2 Å². The summed E-state index contributed by atoms with van der Waals surface area (Å²) in [5, 5.41) is 3.31. The van der Waals surface area contributed by atoms with E-state index in [2.05, 4.69) is 70.9 Å². The minimum Gasteiger partial charge on any atom is -0.370 e. The van der Waals surface area contributed by atoms with E-state index >= 15 is 0 Å². The first-order valence-corrected chi connectivity index (χ1v) is 9.23. The smallest absolute Gasteiger partial charge is 0.193 e. The van der Waals surface area contributed by atoms with Crippen molar-refractivity contribution in [2.75, 3.05) is 11.9 Å². The molecule has 3 rings (SSSR count). The molecule has 5 nitrogen and oxygen atoms in total. The molecule has 0 spiro atoms. The quantitative estimate of drug-likeness (QED) is 0.315. The molecular formula is C21H28IN5. The van der Waals surface area contributed by atoms with Gasteiger partial charge in [0.2, 0.25) is 0 Å². The maximum Gasteiger partial charge on any atom is 0.193 e. The topological polar surface area (TPSA) is 67.7 Å². The van der Waals surface area contributed by atoms with Crippen LogP contribution in [0.25, 0.3) is 5.65 Å². The van der Waals surface area contributed by atoms with Crippen LogP contribution in [0.2, 0.25) is 0 Å². The van der Waals surface area contributed by atoms with E-state index in [9.17, 15) is 0 Å². The molecule has 3 N–H and O–H groups in total. The molecule has 3 aromatic rings. The van der Waals surface area contributed by atoms with Crippen LogP contribution in [-0.2, 0) is 19.3 Å². The zero-order chi connectivity index (χ0) is 18.5. The molecule has 1 aromatic carbocycles. The molecule has 0 aliphatic carbocycles. The average molecular weight is 477 g/mol. The van der Waals surface area contributed by atoms with Crippen LogP contribution >= 0.6 is 24.0 Å². The molecule has 0 saturated heterocycles. The Bertz CT molecular complexity index is 907. The third-order valence-corrected chi connectivity index (χ3v) is 4.63. The van der Waals surface area contributed by atoms with Gasteiger partial charge in [0, 0.05) is 31.0 Å². The number of aromatic nitrogens is 2. The summed E-state index contributed by atoms with van der Waals surface area (Å²) < 4.78 is 2.06. The van der Waals surface area contributed by atoms with Crippen molar-refractivity contribution in [3.05, 3.63) is 65.1 Å². The van der Waals surface area contributed by atoms with Gasteiger partial charge in [-0.2, -0.15) is 0 Å². The Hall–Kier alpha value is -2.09. The predicted molar refractivity (Wildman–Crippen MR) is 124 cm³/mol. The molecule has 0 saturated carbocycles. The summed E-state index contributed by atoms with van der Waals surface area (Å²) in [4.78, 5) is 9.17. The second kappa shape index (κ2) is 9.73. The highest BCUT2D eigenvalue weighted by Crippen LogP contribution is 2.22. The zero-order valence-electron chi connectivity index (χ0n) is 16.2. The van der Waals surface area contributed by atoms with Crippen LogP contribution in [-0.4, -0.2) is 21.9 Å². The van der Waals surface area contributed by atoms with Gasteiger partial charge in [0.05, 0.1) is 5.69 Å². The maximum absolute atomic E-state index is 6.13. The van der Waals surface area contributed by atoms with Gasteiger partial charge >= 0.3 is 0 Å². The van der Waals surface area contributed by atoms with E-state index in [1.165, 1.54) is 16.7 Å². The molecule has 27 heavy (non-hydrogen) atoms. The van der Waals surface area contributed by atoms with E-state index in [0.29, 0.717) is 12.5 Å². The lowest BCUT2D eigenvalue weighted by Crippen LogP contribution is -2.24. The van der Waals surface area contributed by atoms with Crippen molar-refractivity contribution in [2.45, 2.75) is 40.0 Å². The number of aryl methyl sites for hydroxylation is 3. The number of pyridine rings is 1. The van der Waals surface area contributed by atoms with E-state index in [1.54, 1.807) is 0 Å². The maximum atomic E-state index is 6.13. The molecule has 0 aliphatic heterocycles. The third kappa shape index (κ3) is 5.00. The number of nitrogens with one attached hydrogen (secondary N) is 1. The Morgan fingerprint density at radius 1 is 1.15 bits per heavy atom. The monoisotopic (exact) mass is 477 g/mol. The van der Waals surface area contributed by atoms with Crippen molar-refractivity contribution < 1.29 is 0 Å². The number of halogens is 1. The summed E-state index contributed by atoms with van der Waals surface area (Å²) in [6.45, 7) is 6.98. The van der Waals surface area contributed by atoms with Gasteiger partial charge in [0.25, 0.3) is 0 Å². The second-order valence-corrected chi connectivity index (χ2v) is 6.45. The number of imidazole rings is 1. The van der Waals surface area contributed by atoms with E-state index in [-0.39, 0.29) is 24.0 Å². The highest BCUT2D eigenvalue weighted by Gasteiger charge is 2.07. The predicted octanol–water partition coefficient (Wildman–Crippen LogP) is 4.35. The largest absolute Gasteiger partial charge is 0.370 e. The number of hydrogen-bond acceptors (Lipinski definition) is 2. The number of rotatable bonds is 6. The van der Waals surface area contributed by atoms with Crippen molar-refractivity contribution in [2.24, 2.45) is 10.7 Å². The van der Waals surface area contributed by atoms with Crippen LogP contribution in [0, 0.1) is 6.92 Å². The summed E-state index contributed by atoms with van der Waals surface area (Å²) in [7, 11) is 0. The van der Waals surface area contributed by atoms with E-state index < -0.39 is 0 Å². The van der Waals surface area contributed by atoms with Gasteiger partial charge in [0.1, 0.15) is 5.65 Å². The number of para-hydroxylation sites is 1. The molecule has 0 bridgehead atoms. The molecule has 0 radical (unpaired) electrons. The molecule has 0 fully saturated rings. The summed E-state index contributed by atoms with van der Waals surface area (Å²) in [5.74, 6) is 0.459. The van der Waals surface area contributed by atoms with E-state index in [0.717, 1.165) is 36.3 Å². The molecule has 2 heterocycles. The van der Waals surface area contributed by atoms with Gasteiger partial charge in [-0.3, -0.25) is 4.99 Å². The fourth-order valence-electron chi connectivity index (χ4n) is 3.19. The van der Waals surface area contributed by atoms with E-state index in [1.807, 2.05) is 12.3 Å². The van der Waals surface area contributed by atoms with Crippen molar-refractivity contribution >= 4 is 41.3 Å². The van der Waals surface area contributed by atoms with Gasteiger partial charge in [-0.05, 0) is 42.5 Å². The molecule has 0 amide bonds. The summed E-state index contributed by atoms with van der Waals surface area (Å²) >= 11 is 0. The SMILES string of the molecule is CCc1cccc(CC)c1NC(N)=NCCc1cn2cccc(C)c2n1.I. The third-order valence-electron chi connectivity index (χ3n) is 4.63. The van der Waals surface area contributed by atoms with Crippen LogP contribution in [0.15, 0.2) is 47.7 Å². The Morgan fingerprint density at radius 3 is 2.48 bits per heavy atom. The molecule has 0 aliphatic rings. The number of anilines is 1. The van der Waals surface area contributed by atoms with Crippen LogP contribution < -0.4 is 11.1 Å². The van der Waals surface area contributed by atoms with Crippen LogP contribution in [0.3, 0.4) is 0 Å². The highest BCUT2D eigenvalue weighted by atomic mass is 127. The summed E-state index contributed by atoms with van der Waals surface area (Å²) in [6.07, 6.45) is 6.77. The van der Waals surface area contributed by atoms with Crippen molar-refractivity contribution in [3.63, 3.8) is 0 Å². The fraction of sp³-hybridized carbons (Fsp3) is 0.333. The lowest BCUT2D eigenvalue weighted by atomic mass is 10.0. The Kier molecular flexibility index (Phi) is 7.65. The first-order chi connectivity index (χ1) is 12.6. The molecule has 0 unspecified atom stereocenters. The number of nitrogens with zero attached hydrogens (tertiary/aromatic N) is 3. The minimum atomic E-state index is 0. The number of hydrogen-bond donors (Lipinski definition) is 2. The summed E-state index contributed by atoms with van der Waals surface area (Å²) in [5.41, 5.74) is 13.0. The number of guanidine groups is 1. The lowest BCUT2D eigenvalue weighted by Gasteiger charge is -2.14. The number of nitrogens with two attached hydrogens (primary N) is 1. The zero-order valence-corrected chi connectivity index (χ0v) is 18.5. The van der Waals surface area contributed by atoms with Crippen molar-refractivity contribution in [1.82, 2.24) is 9.38 Å². The number of fused-ring (bicyclic) bond motifs is 1. The van der Waals surface area contributed by atoms with Crippen LogP contribution in [0.4, 0.5) is 5.69 Å². The number of aliphatic imine (C=N–C) groups is 1. The van der Waals surface area contributed by atoms with Crippen LogP contribution in [0.5, 0.6) is 0 Å². The molecule has 2 aromatic heterocycles. The molecule has 0 atom stereocenters. The van der Waals surface area contributed by atoms with Gasteiger partial charge in [-0.15, -0.1) is 24.0 Å². The second-order valence-electron chi connectivity index (χ2n) is 6.45. The Balaban J connectivity index is 0.00000261. The fourth-order valence-corrected chi connectivity index (χ4v) is 3.19. The average Bonchev–Trinajstić information content (AvgIpc) is 3.06. The standard InChI is InChI=1S/C21H27N5.HI/c1-4-16-9-6-10-17(5-2)19(16)25-21(22)23-12-11-18-14-26-13-7-8-15(3)20(26)24-18;/h6-10,13-14H,4-5,11-12H2,1-3H3,(H3,22,23,25);1H. The van der Waals surface area contributed by atoms with E-state index in [4.69, 9.17) is 5.73 Å². The first kappa shape index (κ1) is 21.2. The first-order valence-electron chi connectivity index (χ1n) is 9.23. The molecular weight excluding hydrogens is 449 g/mol.